The lowest BCUT2D eigenvalue weighted by molar-refractivity contribution is 0.0962. The van der Waals surface area contributed by atoms with E-state index in [2.05, 4.69) is 35.5 Å². The summed E-state index contributed by atoms with van der Waals surface area (Å²) >= 11 is 0. The fraction of sp³-hybridized carbons (Fsp3) is 0.375. The van der Waals surface area contributed by atoms with Crippen molar-refractivity contribution in [1.29, 1.82) is 0 Å². The van der Waals surface area contributed by atoms with Crippen molar-refractivity contribution in [3.63, 3.8) is 0 Å². The summed E-state index contributed by atoms with van der Waals surface area (Å²) in [4.78, 5) is 29.5. The monoisotopic (exact) mass is 478 g/mol. The fourth-order valence-electron chi connectivity index (χ4n) is 3.61. The average Bonchev–Trinajstić information content (AvgIpc) is 3.45. The average molecular weight is 479 g/mol. The van der Waals surface area contributed by atoms with Crippen LogP contribution in [0.25, 0.3) is 11.4 Å². The van der Waals surface area contributed by atoms with Crippen LogP contribution in [0.1, 0.15) is 67.7 Å². The Labute approximate surface area is 202 Å². The number of anilines is 2. The number of hydrogen-bond acceptors (Lipinski definition) is 9. The zero-order chi connectivity index (χ0) is 25.3. The summed E-state index contributed by atoms with van der Waals surface area (Å²) < 4.78 is 22.3. The Kier molecular flexibility index (Phi) is 6.42. The number of halogens is 1. The van der Waals surface area contributed by atoms with Gasteiger partial charge in [0.15, 0.2) is 11.6 Å². The van der Waals surface area contributed by atoms with Crippen molar-refractivity contribution >= 4 is 17.5 Å². The van der Waals surface area contributed by atoms with E-state index in [0.29, 0.717) is 22.8 Å². The van der Waals surface area contributed by atoms with Gasteiger partial charge < -0.3 is 9.84 Å². The van der Waals surface area contributed by atoms with Crippen molar-refractivity contribution in [1.82, 2.24) is 34.9 Å². The number of Topliss-reactive ketones (excluding diaryl/α,β-unsaturated/α-hetero) is 1. The van der Waals surface area contributed by atoms with Gasteiger partial charge in [0.05, 0.1) is 5.56 Å². The summed E-state index contributed by atoms with van der Waals surface area (Å²) in [6.07, 6.45) is 3.21. The predicted molar refractivity (Wildman–Crippen MR) is 127 cm³/mol. The third-order valence-corrected chi connectivity index (χ3v) is 5.53. The number of nitrogens with one attached hydrogen (secondary N) is 1. The lowest BCUT2D eigenvalue weighted by atomic mass is 9.90. The van der Waals surface area contributed by atoms with Crippen LogP contribution in [0.5, 0.6) is 0 Å². The summed E-state index contributed by atoms with van der Waals surface area (Å²) in [5.74, 6) is 0.465. The van der Waals surface area contributed by atoms with Gasteiger partial charge in [-0.3, -0.25) is 9.48 Å². The van der Waals surface area contributed by atoms with Crippen LogP contribution in [0.3, 0.4) is 0 Å². The molecule has 0 bridgehead atoms. The molecular formula is C24H27FN8O2. The van der Waals surface area contributed by atoms with Gasteiger partial charge in [0, 0.05) is 31.1 Å². The van der Waals surface area contributed by atoms with Crippen LogP contribution in [0.4, 0.5) is 16.2 Å². The van der Waals surface area contributed by atoms with Gasteiger partial charge in [-0.05, 0) is 30.0 Å². The molecule has 11 heteroatoms. The van der Waals surface area contributed by atoms with E-state index in [-0.39, 0.29) is 46.7 Å². The van der Waals surface area contributed by atoms with Crippen molar-refractivity contribution in [2.24, 2.45) is 7.05 Å². The maximum Gasteiger partial charge on any atom is 0.238 e. The Balaban J connectivity index is 1.53. The molecule has 0 unspecified atom stereocenters. The van der Waals surface area contributed by atoms with E-state index >= 15 is 4.39 Å². The van der Waals surface area contributed by atoms with Crippen molar-refractivity contribution in [2.45, 2.75) is 52.4 Å². The van der Waals surface area contributed by atoms with Gasteiger partial charge in [0.25, 0.3) is 0 Å². The molecule has 0 saturated carbocycles. The number of carbonyl (C=O) groups is 1. The first-order chi connectivity index (χ1) is 16.5. The van der Waals surface area contributed by atoms with E-state index in [0.717, 1.165) is 0 Å². The van der Waals surface area contributed by atoms with Gasteiger partial charge in [-0.1, -0.05) is 38.9 Å². The van der Waals surface area contributed by atoms with Crippen molar-refractivity contribution in [3.05, 3.63) is 59.4 Å². The minimum Gasteiger partial charge on any atom is -0.338 e. The molecule has 0 amide bonds. The molecule has 35 heavy (non-hydrogen) atoms. The molecule has 182 valence electrons. The Bertz CT molecular complexity index is 1370. The minimum absolute atomic E-state index is 0.0367. The van der Waals surface area contributed by atoms with Gasteiger partial charge in [-0.25, -0.2) is 14.4 Å². The Morgan fingerprint density at radius 1 is 1.20 bits per heavy atom. The number of benzene rings is 1. The van der Waals surface area contributed by atoms with Crippen LogP contribution in [-0.2, 0) is 12.5 Å². The molecule has 1 N–H and O–H groups in total. The van der Waals surface area contributed by atoms with Crippen molar-refractivity contribution < 1.29 is 13.7 Å². The lowest BCUT2D eigenvalue weighted by Gasteiger charge is -2.16. The number of hydrogen-bond donors (Lipinski definition) is 1. The van der Waals surface area contributed by atoms with Crippen molar-refractivity contribution in [3.8, 4) is 11.4 Å². The molecule has 3 heterocycles. The Morgan fingerprint density at radius 2 is 1.97 bits per heavy atom. The van der Waals surface area contributed by atoms with E-state index in [4.69, 9.17) is 4.52 Å². The molecule has 1 atom stereocenters. The van der Waals surface area contributed by atoms with Crippen molar-refractivity contribution in [2.75, 3.05) is 5.32 Å². The smallest absolute Gasteiger partial charge is 0.238 e. The largest absolute Gasteiger partial charge is 0.338 e. The summed E-state index contributed by atoms with van der Waals surface area (Å²) in [5.41, 5.74) is 1.02. The summed E-state index contributed by atoms with van der Waals surface area (Å²) in [7, 11) is 1.80. The highest BCUT2D eigenvalue weighted by Gasteiger charge is 2.26. The predicted octanol–water partition coefficient (Wildman–Crippen LogP) is 4.52. The number of rotatable bonds is 7. The second-order valence-corrected chi connectivity index (χ2v) is 9.48. The van der Waals surface area contributed by atoms with Gasteiger partial charge in [0.2, 0.25) is 23.4 Å². The Hall–Kier alpha value is -4.02. The fourth-order valence-corrected chi connectivity index (χ4v) is 3.61. The zero-order valence-corrected chi connectivity index (χ0v) is 20.5. The van der Waals surface area contributed by atoms with Crippen LogP contribution in [-0.4, -0.2) is 40.7 Å². The van der Waals surface area contributed by atoms with Crippen LogP contribution in [0.15, 0.2) is 35.2 Å². The normalized spacial score (nSPS) is 12.5. The summed E-state index contributed by atoms with van der Waals surface area (Å²) in [6, 6.07) is 5.17. The molecule has 0 aliphatic rings. The second-order valence-electron chi connectivity index (χ2n) is 9.48. The molecule has 10 nitrogen and oxygen atoms in total. The third kappa shape index (κ3) is 5.23. The van der Waals surface area contributed by atoms with E-state index in [9.17, 15) is 4.79 Å². The molecule has 0 saturated heterocycles. The molecule has 4 rings (SSSR count). The molecule has 3 aromatic heterocycles. The standard InChI is InChI=1S/C24H27FN8O2/c1-13(11-17(34)21-29-22(35-32-21)24(3,4)5)15-7-8-16(19(25)14(15)2)20-26-12-27-23(30-20)28-18-9-10-33(6)31-18/h7-10,12-13H,11H2,1-6H3,(H,26,27,28,30,31)/t13-/m0/s1. The van der Waals surface area contributed by atoms with Gasteiger partial charge in [-0.2, -0.15) is 15.1 Å². The molecule has 0 spiro atoms. The maximum atomic E-state index is 15.4. The highest BCUT2D eigenvalue weighted by atomic mass is 19.1. The highest BCUT2D eigenvalue weighted by molar-refractivity contribution is 5.92. The van der Waals surface area contributed by atoms with Crippen LogP contribution < -0.4 is 5.32 Å². The molecule has 4 aromatic rings. The molecule has 0 radical (unpaired) electrons. The van der Waals surface area contributed by atoms with Crippen LogP contribution in [0.2, 0.25) is 0 Å². The minimum atomic E-state index is -0.452. The first-order valence-corrected chi connectivity index (χ1v) is 11.2. The van der Waals surface area contributed by atoms with E-state index < -0.39 is 5.82 Å². The van der Waals surface area contributed by atoms with Gasteiger partial charge in [-0.15, -0.1) is 0 Å². The first-order valence-electron chi connectivity index (χ1n) is 11.2. The van der Waals surface area contributed by atoms with E-state index in [1.54, 1.807) is 43.0 Å². The lowest BCUT2D eigenvalue weighted by Crippen LogP contribution is -2.13. The van der Waals surface area contributed by atoms with E-state index in [1.807, 2.05) is 27.7 Å². The molecule has 0 fully saturated rings. The van der Waals surface area contributed by atoms with Crippen LogP contribution in [0, 0.1) is 12.7 Å². The van der Waals surface area contributed by atoms with Gasteiger partial charge >= 0.3 is 0 Å². The summed E-state index contributed by atoms with van der Waals surface area (Å²) in [6.45, 7) is 9.32. The van der Waals surface area contributed by atoms with E-state index in [1.165, 1.54) is 6.33 Å². The van der Waals surface area contributed by atoms with Crippen LogP contribution >= 0.6 is 0 Å². The molecule has 0 aliphatic carbocycles. The third-order valence-electron chi connectivity index (χ3n) is 5.53. The van der Waals surface area contributed by atoms with Gasteiger partial charge in [0.1, 0.15) is 12.1 Å². The second kappa shape index (κ2) is 9.32. The molecule has 1 aromatic carbocycles. The number of ketones is 1. The maximum absolute atomic E-state index is 15.4. The molecule has 0 aliphatic heterocycles. The number of aryl methyl sites for hydroxylation is 1. The SMILES string of the molecule is Cc1c([C@@H](C)CC(=O)c2noc(C(C)(C)C)n2)ccc(-c2ncnc(Nc3ccn(C)n3)n2)c1F. The number of aromatic nitrogens is 7. The summed E-state index contributed by atoms with van der Waals surface area (Å²) in [5, 5.41) is 11.0. The quantitative estimate of drug-likeness (QED) is 0.382. The number of nitrogens with zero attached hydrogens (tertiary/aromatic N) is 7. The molecular weight excluding hydrogens is 451 g/mol. The highest BCUT2D eigenvalue weighted by Crippen LogP contribution is 2.31. The number of carbonyl (C=O) groups excluding carboxylic acids is 1. The Morgan fingerprint density at radius 3 is 2.63 bits per heavy atom. The first kappa shape index (κ1) is 24.1. The zero-order valence-electron chi connectivity index (χ0n) is 20.5. The topological polar surface area (TPSA) is 125 Å².